The van der Waals surface area contributed by atoms with Gasteiger partial charge in [-0.15, -0.1) is 12.4 Å². The molecule has 1 saturated heterocycles. The van der Waals surface area contributed by atoms with Crippen molar-refractivity contribution in [3.05, 3.63) is 71.6 Å². The lowest BCUT2D eigenvalue weighted by atomic mass is 9.89. The number of likely N-dealkylation sites (tertiary alicyclic amines) is 1. The Kier molecular flexibility index (Phi) is 6.50. The fraction of sp³-hybridized carbons (Fsp3) is 0.364. The van der Waals surface area contributed by atoms with E-state index in [1.54, 1.807) is 0 Å². The van der Waals surface area contributed by atoms with Gasteiger partial charge in [0.1, 0.15) is 0 Å². The largest absolute Gasteiger partial charge is 0.337 e. The van der Waals surface area contributed by atoms with E-state index in [9.17, 15) is 0 Å². The lowest BCUT2D eigenvalue weighted by Gasteiger charge is -2.21. The van der Waals surface area contributed by atoms with Crippen LogP contribution in [-0.2, 0) is 0 Å². The van der Waals surface area contributed by atoms with Gasteiger partial charge in [0.15, 0.2) is 0 Å². The van der Waals surface area contributed by atoms with Crippen molar-refractivity contribution in [3.8, 4) is 11.4 Å². The van der Waals surface area contributed by atoms with Gasteiger partial charge >= 0.3 is 0 Å². The van der Waals surface area contributed by atoms with Crippen molar-refractivity contribution in [1.29, 1.82) is 0 Å². The first-order valence-electron chi connectivity index (χ1n) is 9.56. The summed E-state index contributed by atoms with van der Waals surface area (Å²) in [7, 11) is 0. The minimum Gasteiger partial charge on any atom is -0.337 e. The molecule has 1 unspecified atom stereocenters. The number of aromatic nitrogens is 2. The van der Waals surface area contributed by atoms with Gasteiger partial charge in [0.25, 0.3) is 0 Å². The molecule has 3 atom stereocenters. The number of hydrogen-bond donors (Lipinski definition) is 1. The SMILES string of the molecule is Cc1ccccc1-c1noc(C(C)N2C[C@@H](CN)[C@H](c3ccccc3)C2)n1.Cl. The number of benzene rings is 2. The van der Waals surface area contributed by atoms with Gasteiger partial charge in [0, 0.05) is 24.6 Å². The zero-order valence-electron chi connectivity index (χ0n) is 16.3. The maximum absolute atomic E-state index is 6.08. The van der Waals surface area contributed by atoms with Gasteiger partial charge in [-0.05, 0) is 37.4 Å². The van der Waals surface area contributed by atoms with Crippen LogP contribution >= 0.6 is 12.4 Å². The molecular formula is C22H27ClN4O. The summed E-state index contributed by atoms with van der Waals surface area (Å²) in [4.78, 5) is 7.09. The molecule has 6 heteroatoms. The van der Waals surface area contributed by atoms with Crippen LogP contribution in [0.4, 0.5) is 0 Å². The van der Waals surface area contributed by atoms with Gasteiger partial charge in [-0.3, -0.25) is 4.90 Å². The number of halogens is 1. The van der Waals surface area contributed by atoms with E-state index in [0.29, 0.717) is 30.1 Å². The maximum Gasteiger partial charge on any atom is 0.244 e. The van der Waals surface area contributed by atoms with Gasteiger partial charge in [-0.1, -0.05) is 59.8 Å². The van der Waals surface area contributed by atoms with E-state index >= 15 is 0 Å². The third-order valence-electron chi connectivity index (χ3n) is 5.73. The second-order valence-electron chi connectivity index (χ2n) is 7.41. The van der Waals surface area contributed by atoms with Crippen molar-refractivity contribution in [1.82, 2.24) is 15.0 Å². The number of nitrogens with two attached hydrogens (primary N) is 1. The van der Waals surface area contributed by atoms with Crippen LogP contribution in [0.3, 0.4) is 0 Å². The van der Waals surface area contributed by atoms with Gasteiger partial charge in [-0.2, -0.15) is 4.98 Å². The predicted octanol–water partition coefficient (Wildman–Crippen LogP) is 4.20. The predicted molar refractivity (Wildman–Crippen MR) is 113 cm³/mol. The average Bonchev–Trinajstić information content (AvgIpc) is 3.36. The Morgan fingerprint density at radius 2 is 1.82 bits per heavy atom. The molecule has 0 radical (unpaired) electrons. The molecule has 0 bridgehead atoms. The molecule has 0 saturated carbocycles. The van der Waals surface area contributed by atoms with Gasteiger partial charge in [0.2, 0.25) is 11.7 Å². The Hall–Kier alpha value is -2.21. The van der Waals surface area contributed by atoms with Crippen LogP contribution < -0.4 is 5.73 Å². The monoisotopic (exact) mass is 398 g/mol. The topological polar surface area (TPSA) is 68.2 Å². The Labute approximate surface area is 172 Å². The summed E-state index contributed by atoms with van der Waals surface area (Å²) in [5.41, 5.74) is 9.60. The molecule has 2 N–H and O–H groups in total. The van der Waals surface area contributed by atoms with E-state index in [1.165, 1.54) is 5.56 Å². The summed E-state index contributed by atoms with van der Waals surface area (Å²) < 4.78 is 5.62. The zero-order chi connectivity index (χ0) is 18.8. The molecule has 28 heavy (non-hydrogen) atoms. The van der Waals surface area contributed by atoms with Crippen LogP contribution in [0.15, 0.2) is 59.1 Å². The molecule has 2 heterocycles. The van der Waals surface area contributed by atoms with Crippen molar-refractivity contribution in [3.63, 3.8) is 0 Å². The zero-order valence-corrected chi connectivity index (χ0v) is 17.1. The Morgan fingerprint density at radius 1 is 1.11 bits per heavy atom. The van der Waals surface area contributed by atoms with Crippen molar-refractivity contribution in [2.75, 3.05) is 19.6 Å². The number of nitrogens with zero attached hydrogens (tertiary/aromatic N) is 3. The van der Waals surface area contributed by atoms with E-state index in [0.717, 1.165) is 24.2 Å². The highest BCUT2D eigenvalue weighted by molar-refractivity contribution is 5.85. The summed E-state index contributed by atoms with van der Waals surface area (Å²) >= 11 is 0. The highest BCUT2D eigenvalue weighted by atomic mass is 35.5. The molecule has 5 nitrogen and oxygen atoms in total. The molecule has 2 aromatic carbocycles. The lowest BCUT2D eigenvalue weighted by Crippen LogP contribution is -2.26. The molecule has 0 spiro atoms. The highest BCUT2D eigenvalue weighted by Gasteiger charge is 2.36. The summed E-state index contributed by atoms with van der Waals surface area (Å²) in [5, 5.41) is 4.22. The summed E-state index contributed by atoms with van der Waals surface area (Å²) in [6, 6.07) is 18.8. The van der Waals surface area contributed by atoms with E-state index < -0.39 is 0 Å². The average molecular weight is 399 g/mol. The summed E-state index contributed by atoms with van der Waals surface area (Å²) in [6.45, 7) is 6.77. The number of aryl methyl sites for hydroxylation is 1. The van der Waals surface area contributed by atoms with E-state index in [4.69, 9.17) is 10.3 Å². The maximum atomic E-state index is 6.08. The van der Waals surface area contributed by atoms with Crippen molar-refractivity contribution < 1.29 is 4.52 Å². The molecule has 3 aromatic rings. The number of hydrogen-bond acceptors (Lipinski definition) is 5. The second kappa shape index (κ2) is 8.86. The van der Waals surface area contributed by atoms with Crippen LogP contribution in [0.1, 0.15) is 35.9 Å². The molecule has 0 amide bonds. The molecule has 4 rings (SSSR count). The molecule has 1 aliphatic heterocycles. The van der Waals surface area contributed by atoms with Gasteiger partial charge < -0.3 is 10.3 Å². The third-order valence-corrected chi connectivity index (χ3v) is 5.73. The second-order valence-corrected chi connectivity index (χ2v) is 7.41. The minimum absolute atomic E-state index is 0. The smallest absolute Gasteiger partial charge is 0.244 e. The standard InChI is InChI=1S/C22H26N4O.ClH/c1-15-8-6-7-11-19(15)21-24-22(27-25-21)16(2)26-13-18(12-23)20(14-26)17-9-4-3-5-10-17;/h3-11,16,18,20H,12-14,23H2,1-2H3;1H/t16?,18-,20+;/m1./s1. The molecule has 148 valence electrons. The molecule has 0 aliphatic carbocycles. The van der Waals surface area contributed by atoms with Gasteiger partial charge in [0.05, 0.1) is 6.04 Å². The first-order valence-corrected chi connectivity index (χ1v) is 9.56. The van der Waals surface area contributed by atoms with E-state index in [-0.39, 0.29) is 18.4 Å². The van der Waals surface area contributed by atoms with Crippen molar-refractivity contribution >= 4 is 12.4 Å². The highest BCUT2D eigenvalue weighted by Crippen LogP contribution is 2.36. The minimum atomic E-state index is 0. The van der Waals surface area contributed by atoms with Crippen LogP contribution in [0.5, 0.6) is 0 Å². The Bertz CT molecular complexity index is 898. The Morgan fingerprint density at radius 3 is 2.54 bits per heavy atom. The fourth-order valence-electron chi connectivity index (χ4n) is 4.03. The van der Waals surface area contributed by atoms with E-state index in [1.807, 2.05) is 18.2 Å². The van der Waals surface area contributed by atoms with Crippen LogP contribution in [0.25, 0.3) is 11.4 Å². The Balaban J connectivity index is 0.00000225. The van der Waals surface area contributed by atoms with Crippen molar-refractivity contribution in [2.45, 2.75) is 25.8 Å². The van der Waals surface area contributed by atoms with Gasteiger partial charge in [-0.25, -0.2) is 0 Å². The summed E-state index contributed by atoms with van der Waals surface area (Å²) in [6.07, 6.45) is 0. The third kappa shape index (κ3) is 3.97. The molecular weight excluding hydrogens is 372 g/mol. The molecule has 1 aromatic heterocycles. The summed E-state index contributed by atoms with van der Waals surface area (Å²) in [5.74, 6) is 2.20. The van der Waals surface area contributed by atoms with Crippen molar-refractivity contribution in [2.24, 2.45) is 11.7 Å². The molecule has 1 fully saturated rings. The quantitative estimate of drug-likeness (QED) is 0.697. The van der Waals surface area contributed by atoms with Crippen LogP contribution in [-0.4, -0.2) is 34.7 Å². The normalized spacial score (nSPS) is 20.7. The lowest BCUT2D eigenvalue weighted by molar-refractivity contribution is 0.202. The van der Waals surface area contributed by atoms with Crippen LogP contribution in [0, 0.1) is 12.8 Å². The first-order chi connectivity index (χ1) is 13.2. The fourth-order valence-corrected chi connectivity index (χ4v) is 4.03. The number of rotatable bonds is 5. The first kappa shape index (κ1) is 20.5. The van der Waals surface area contributed by atoms with E-state index in [2.05, 4.69) is 65.3 Å². The molecule has 1 aliphatic rings. The van der Waals surface area contributed by atoms with Crippen LogP contribution in [0.2, 0.25) is 0 Å².